The predicted molar refractivity (Wildman–Crippen MR) is 113 cm³/mol. The van der Waals surface area contributed by atoms with E-state index in [1.165, 1.54) is 54.9 Å². The molecule has 0 bridgehead atoms. The van der Waals surface area contributed by atoms with Gasteiger partial charge >= 0.3 is 18.1 Å². The number of hydrogen-bond donors (Lipinski definition) is 1. The fourth-order valence-electron chi connectivity index (χ4n) is 2.85. The van der Waals surface area contributed by atoms with Crippen LogP contribution in [0, 0.1) is 0 Å². The number of alkyl halides is 3. The molecule has 0 aliphatic rings. The lowest BCUT2D eigenvalue weighted by molar-refractivity contribution is -0.152. The molecular weight excluding hydrogens is 455 g/mol. The number of aliphatic carboxylic acids is 1. The second-order valence-electron chi connectivity index (χ2n) is 8.03. The molecular formula is C23H22F3N3O5. The normalized spacial score (nSPS) is 12.8. The van der Waals surface area contributed by atoms with Gasteiger partial charge in [-0.05, 0) is 62.7 Å². The molecule has 3 rings (SSSR count). The summed E-state index contributed by atoms with van der Waals surface area (Å²) < 4.78 is 50.3. The SMILES string of the molecule is C[C@H](OC(=O)c1ccc(OC(C)(C)C(=O)O)cc1)c1cn(Cc2ccc(C(F)(F)F)cc2)nn1. The van der Waals surface area contributed by atoms with E-state index in [4.69, 9.17) is 14.6 Å². The van der Waals surface area contributed by atoms with Crippen LogP contribution in [0.4, 0.5) is 13.2 Å². The maximum absolute atomic E-state index is 12.7. The maximum Gasteiger partial charge on any atom is 0.416 e. The molecule has 180 valence electrons. The van der Waals surface area contributed by atoms with Gasteiger partial charge in [0.1, 0.15) is 17.5 Å². The Morgan fingerprint density at radius 3 is 2.24 bits per heavy atom. The van der Waals surface area contributed by atoms with Gasteiger partial charge in [0, 0.05) is 0 Å². The lowest BCUT2D eigenvalue weighted by atomic mass is 10.1. The molecule has 0 fully saturated rings. The van der Waals surface area contributed by atoms with Crippen molar-refractivity contribution < 1.29 is 37.3 Å². The van der Waals surface area contributed by atoms with Crippen LogP contribution < -0.4 is 4.74 Å². The number of nitrogens with zero attached hydrogens (tertiary/aromatic N) is 3. The summed E-state index contributed by atoms with van der Waals surface area (Å²) in [7, 11) is 0. The van der Waals surface area contributed by atoms with Gasteiger partial charge in [0.2, 0.25) is 0 Å². The Morgan fingerprint density at radius 1 is 1.06 bits per heavy atom. The van der Waals surface area contributed by atoms with Gasteiger partial charge in [0.15, 0.2) is 5.60 Å². The molecule has 0 amide bonds. The first kappa shape index (κ1) is 24.7. The van der Waals surface area contributed by atoms with Crippen molar-refractivity contribution in [1.82, 2.24) is 15.0 Å². The molecule has 0 saturated heterocycles. The summed E-state index contributed by atoms with van der Waals surface area (Å²) in [6, 6.07) is 10.5. The van der Waals surface area contributed by atoms with Gasteiger partial charge in [-0.3, -0.25) is 0 Å². The zero-order valence-corrected chi connectivity index (χ0v) is 18.5. The van der Waals surface area contributed by atoms with Crippen molar-refractivity contribution in [2.24, 2.45) is 0 Å². The number of halogens is 3. The van der Waals surface area contributed by atoms with Crippen LogP contribution in [0.3, 0.4) is 0 Å². The molecule has 0 radical (unpaired) electrons. The van der Waals surface area contributed by atoms with E-state index < -0.39 is 35.4 Å². The summed E-state index contributed by atoms with van der Waals surface area (Å²) in [5.41, 5.74) is -0.973. The number of ether oxygens (including phenoxy) is 2. The van der Waals surface area contributed by atoms with Crippen LogP contribution in [0.1, 0.15) is 54.1 Å². The highest BCUT2D eigenvalue weighted by atomic mass is 19.4. The number of benzene rings is 2. The van der Waals surface area contributed by atoms with Crippen LogP contribution in [0.5, 0.6) is 5.75 Å². The molecule has 8 nitrogen and oxygen atoms in total. The van der Waals surface area contributed by atoms with E-state index in [9.17, 15) is 22.8 Å². The fourth-order valence-corrected chi connectivity index (χ4v) is 2.85. The quantitative estimate of drug-likeness (QED) is 0.476. The van der Waals surface area contributed by atoms with Crippen molar-refractivity contribution in [2.75, 3.05) is 0 Å². The Morgan fingerprint density at radius 2 is 1.68 bits per heavy atom. The molecule has 1 N–H and O–H groups in total. The smallest absolute Gasteiger partial charge is 0.416 e. The van der Waals surface area contributed by atoms with E-state index >= 15 is 0 Å². The highest BCUT2D eigenvalue weighted by Crippen LogP contribution is 2.29. The van der Waals surface area contributed by atoms with Crippen LogP contribution in [0.15, 0.2) is 54.7 Å². The summed E-state index contributed by atoms with van der Waals surface area (Å²) in [5, 5.41) is 17.0. The Kier molecular flexibility index (Phi) is 6.94. The largest absolute Gasteiger partial charge is 0.478 e. The number of rotatable bonds is 8. The van der Waals surface area contributed by atoms with Crippen molar-refractivity contribution in [1.29, 1.82) is 0 Å². The van der Waals surface area contributed by atoms with Crippen molar-refractivity contribution >= 4 is 11.9 Å². The van der Waals surface area contributed by atoms with Crippen LogP contribution in [0.25, 0.3) is 0 Å². The molecule has 0 aliphatic heterocycles. The molecule has 0 unspecified atom stereocenters. The molecule has 34 heavy (non-hydrogen) atoms. The number of carbonyl (C=O) groups is 2. The summed E-state index contributed by atoms with van der Waals surface area (Å²) in [6.07, 6.45) is -3.60. The molecule has 1 atom stereocenters. The lowest BCUT2D eigenvalue weighted by Gasteiger charge is -2.21. The Hall–Kier alpha value is -3.89. The number of hydrogen-bond acceptors (Lipinski definition) is 6. The summed E-state index contributed by atoms with van der Waals surface area (Å²) in [5.74, 6) is -1.48. The summed E-state index contributed by atoms with van der Waals surface area (Å²) in [6.45, 7) is 4.62. The van der Waals surface area contributed by atoms with Crippen LogP contribution >= 0.6 is 0 Å². The van der Waals surface area contributed by atoms with E-state index in [2.05, 4.69) is 10.3 Å². The van der Waals surface area contributed by atoms with Gasteiger partial charge in [0.05, 0.1) is 23.9 Å². The molecule has 1 aromatic heterocycles. The third kappa shape index (κ3) is 6.12. The van der Waals surface area contributed by atoms with Crippen molar-refractivity contribution in [3.8, 4) is 5.75 Å². The molecule has 1 heterocycles. The molecule has 3 aromatic rings. The average molecular weight is 477 g/mol. The van der Waals surface area contributed by atoms with Crippen molar-refractivity contribution in [2.45, 2.75) is 45.2 Å². The zero-order valence-electron chi connectivity index (χ0n) is 18.5. The van der Waals surface area contributed by atoms with Gasteiger partial charge in [-0.2, -0.15) is 13.2 Å². The van der Waals surface area contributed by atoms with E-state index in [-0.39, 0.29) is 17.9 Å². The monoisotopic (exact) mass is 477 g/mol. The van der Waals surface area contributed by atoms with Crippen LogP contribution in [-0.2, 0) is 22.3 Å². The third-order valence-electron chi connectivity index (χ3n) is 4.86. The Bertz CT molecular complexity index is 1160. The first-order valence-electron chi connectivity index (χ1n) is 10.1. The second-order valence-corrected chi connectivity index (χ2v) is 8.03. The van der Waals surface area contributed by atoms with E-state index in [0.717, 1.165) is 12.1 Å². The first-order chi connectivity index (χ1) is 15.8. The van der Waals surface area contributed by atoms with Gasteiger partial charge in [-0.15, -0.1) is 5.10 Å². The van der Waals surface area contributed by atoms with Crippen molar-refractivity contribution in [3.63, 3.8) is 0 Å². The van der Waals surface area contributed by atoms with E-state index in [1.54, 1.807) is 13.1 Å². The summed E-state index contributed by atoms with van der Waals surface area (Å²) in [4.78, 5) is 23.6. The van der Waals surface area contributed by atoms with E-state index in [0.29, 0.717) is 11.3 Å². The third-order valence-corrected chi connectivity index (χ3v) is 4.86. The number of aromatic nitrogens is 3. The molecule has 11 heteroatoms. The standard InChI is InChI=1S/C23H22F3N3O5/c1-14(33-20(30)16-6-10-18(11-7-16)34-22(2,3)21(31)32)19-13-29(28-27-19)12-15-4-8-17(9-5-15)23(24,25)26/h4-11,13-14H,12H2,1-3H3,(H,31,32)/t14-/m0/s1. The molecule has 0 spiro atoms. The number of carboxylic acids is 1. The maximum atomic E-state index is 12.7. The highest BCUT2D eigenvalue weighted by Gasteiger charge is 2.30. The van der Waals surface area contributed by atoms with Crippen LogP contribution in [-0.4, -0.2) is 37.6 Å². The topological polar surface area (TPSA) is 104 Å². The zero-order chi connectivity index (χ0) is 25.1. The minimum absolute atomic E-state index is 0.194. The Labute approximate surface area is 192 Å². The number of carboxylic acid groups (broad SMARTS) is 1. The average Bonchev–Trinajstić information content (AvgIpc) is 3.22. The van der Waals surface area contributed by atoms with Gasteiger partial charge in [-0.1, -0.05) is 17.3 Å². The first-order valence-corrected chi connectivity index (χ1v) is 10.1. The minimum Gasteiger partial charge on any atom is -0.478 e. The van der Waals surface area contributed by atoms with Crippen LogP contribution in [0.2, 0.25) is 0 Å². The number of carbonyl (C=O) groups excluding carboxylic acids is 1. The fraction of sp³-hybridized carbons (Fsp3) is 0.304. The summed E-state index contributed by atoms with van der Waals surface area (Å²) >= 11 is 0. The lowest BCUT2D eigenvalue weighted by Crippen LogP contribution is -2.37. The second kappa shape index (κ2) is 9.54. The van der Waals surface area contributed by atoms with E-state index in [1.807, 2.05) is 0 Å². The Balaban J connectivity index is 1.59. The number of esters is 1. The molecule has 2 aromatic carbocycles. The van der Waals surface area contributed by atoms with Gasteiger partial charge in [-0.25, -0.2) is 14.3 Å². The highest BCUT2D eigenvalue weighted by molar-refractivity contribution is 5.89. The predicted octanol–water partition coefficient (Wildman–Crippen LogP) is 4.51. The minimum atomic E-state index is -4.40. The van der Waals surface area contributed by atoms with Crippen molar-refractivity contribution in [3.05, 3.63) is 77.1 Å². The van der Waals surface area contributed by atoms with Gasteiger partial charge in [0.25, 0.3) is 0 Å². The van der Waals surface area contributed by atoms with Gasteiger partial charge < -0.3 is 14.6 Å². The molecule has 0 saturated carbocycles. The molecule has 0 aliphatic carbocycles.